The monoisotopic (exact) mass is 254 g/mol. The molecule has 2 aliphatic carbocycles. The second kappa shape index (κ2) is 5.17. The molecule has 0 amide bonds. The maximum atomic E-state index is 12.1. The molecule has 0 aromatic rings. The number of hydrogen-bond donors (Lipinski definition) is 1. The summed E-state index contributed by atoms with van der Waals surface area (Å²) in [4.78, 5) is 14.3. The third-order valence-electron chi connectivity index (χ3n) is 4.32. The van der Waals surface area contributed by atoms with Gasteiger partial charge < -0.3 is 15.4 Å². The van der Waals surface area contributed by atoms with Crippen molar-refractivity contribution in [3.63, 3.8) is 0 Å². The van der Waals surface area contributed by atoms with Gasteiger partial charge in [-0.2, -0.15) is 0 Å². The molecule has 4 nitrogen and oxygen atoms in total. The van der Waals surface area contributed by atoms with Crippen molar-refractivity contribution in [2.75, 3.05) is 26.7 Å². The number of likely N-dealkylation sites (N-methyl/N-ethyl adjacent to an activating group) is 1. The average molecular weight is 254 g/mol. The molecule has 2 rings (SSSR count). The van der Waals surface area contributed by atoms with Gasteiger partial charge in [-0.3, -0.25) is 0 Å². The molecular weight excluding hydrogens is 228 g/mol. The van der Waals surface area contributed by atoms with Crippen LogP contribution in [-0.2, 0) is 9.53 Å². The Morgan fingerprint density at radius 1 is 1.50 bits per heavy atom. The molecule has 2 aliphatic rings. The molecule has 3 unspecified atom stereocenters. The fourth-order valence-electron chi connectivity index (χ4n) is 2.79. The number of nitrogens with two attached hydrogens (primary N) is 1. The molecule has 104 valence electrons. The molecule has 2 saturated carbocycles. The average Bonchev–Trinajstić information content (AvgIpc) is 3.16. The maximum Gasteiger partial charge on any atom is 0.327 e. The van der Waals surface area contributed by atoms with Crippen LogP contribution in [0.15, 0.2) is 0 Å². The Balaban J connectivity index is 1.90. The lowest BCUT2D eigenvalue weighted by atomic mass is 9.93. The van der Waals surface area contributed by atoms with Crippen molar-refractivity contribution in [1.29, 1.82) is 0 Å². The van der Waals surface area contributed by atoms with E-state index in [9.17, 15) is 4.79 Å². The standard InChI is InChI=1S/C14H26N2O2/c1-4-18-13(17)14(15,12-5-6-12)9-16(3)8-11-7-10(11)2/h10-12H,4-9,15H2,1-3H3. The highest BCUT2D eigenvalue weighted by molar-refractivity contribution is 5.82. The third kappa shape index (κ3) is 3.04. The van der Waals surface area contributed by atoms with Gasteiger partial charge >= 0.3 is 5.97 Å². The highest BCUT2D eigenvalue weighted by Gasteiger charge is 2.50. The molecule has 0 aromatic heterocycles. The molecule has 3 atom stereocenters. The van der Waals surface area contributed by atoms with Crippen molar-refractivity contribution in [1.82, 2.24) is 4.90 Å². The lowest BCUT2D eigenvalue weighted by Crippen LogP contribution is -2.58. The van der Waals surface area contributed by atoms with Crippen molar-refractivity contribution >= 4 is 5.97 Å². The van der Waals surface area contributed by atoms with Gasteiger partial charge in [0.1, 0.15) is 5.54 Å². The molecule has 18 heavy (non-hydrogen) atoms. The molecule has 0 spiro atoms. The van der Waals surface area contributed by atoms with Crippen LogP contribution in [0.4, 0.5) is 0 Å². The highest BCUT2D eigenvalue weighted by atomic mass is 16.5. The zero-order valence-electron chi connectivity index (χ0n) is 11.8. The number of ether oxygens (including phenoxy) is 1. The molecule has 4 heteroatoms. The Morgan fingerprint density at radius 2 is 2.11 bits per heavy atom. The Kier molecular flexibility index (Phi) is 3.97. The second-order valence-corrected chi connectivity index (χ2v) is 6.20. The van der Waals surface area contributed by atoms with Crippen LogP contribution in [0.25, 0.3) is 0 Å². The summed E-state index contributed by atoms with van der Waals surface area (Å²) >= 11 is 0. The van der Waals surface area contributed by atoms with Crippen LogP contribution in [0.2, 0.25) is 0 Å². The number of carbonyl (C=O) groups excluding carboxylic acids is 1. The molecule has 0 aliphatic heterocycles. The first-order valence-electron chi connectivity index (χ1n) is 7.12. The summed E-state index contributed by atoms with van der Waals surface area (Å²) in [6.07, 6.45) is 3.43. The van der Waals surface area contributed by atoms with Crippen LogP contribution in [0.1, 0.15) is 33.1 Å². The first-order valence-corrected chi connectivity index (χ1v) is 7.12. The Bertz CT molecular complexity index is 317. The van der Waals surface area contributed by atoms with E-state index in [4.69, 9.17) is 10.5 Å². The smallest absolute Gasteiger partial charge is 0.327 e. The summed E-state index contributed by atoms with van der Waals surface area (Å²) in [7, 11) is 2.06. The molecular formula is C14H26N2O2. The number of hydrogen-bond acceptors (Lipinski definition) is 4. The largest absolute Gasteiger partial charge is 0.465 e. The summed E-state index contributed by atoms with van der Waals surface area (Å²) < 4.78 is 5.16. The van der Waals surface area contributed by atoms with Gasteiger partial charge in [-0.1, -0.05) is 6.92 Å². The van der Waals surface area contributed by atoms with Gasteiger partial charge in [0.15, 0.2) is 0 Å². The number of rotatable bonds is 7. The molecule has 0 radical (unpaired) electrons. The van der Waals surface area contributed by atoms with Gasteiger partial charge in [-0.05, 0) is 51.0 Å². The fourth-order valence-corrected chi connectivity index (χ4v) is 2.79. The summed E-state index contributed by atoms with van der Waals surface area (Å²) in [6.45, 7) is 6.20. The minimum atomic E-state index is -0.789. The number of carbonyl (C=O) groups is 1. The highest BCUT2D eigenvalue weighted by Crippen LogP contribution is 2.41. The van der Waals surface area contributed by atoms with Gasteiger partial charge in [0.2, 0.25) is 0 Å². The van der Waals surface area contributed by atoms with Crippen LogP contribution < -0.4 is 5.73 Å². The van der Waals surface area contributed by atoms with E-state index in [2.05, 4.69) is 18.9 Å². The van der Waals surface area contributed by atoms with E-state index in [1.54, 1.807) is 0 Å². The van der Waals surface area contributed by atoms with Gasteiger partial charge in [-0.15, -0.1) is 0 Å². The minimum absolute atomic E-state index is 0.219. The van der Waals surface area contributed by atoms with E-state index in [1.165, 1.54) is 6.42 Å². The zero-order chi connectivity index (χ0) is 13.3. The zero-order valence-corrected chi connectivity index (χ0v) is 11.8. The minimum Gasteiger partial charge on any atom is -0.465 e. The van der Waals surface area contributed by atoms with E-state index in [0.717, 1.165) is 31.2 Å². The lowest BCUT2D eigenvalue weighted by Gasteiger charge is -2.31. The molecule has 0 heterocycles. The van der Waals surface area contributed by atoms with E-state index >= 15 is 0 Å². The second-order valence-electron chi connectivity index (χ2n) is 6.20. The quantitative estimate of drug-likeness (QED) is 0.695. The third-order valence-corrected chi connectivity index (χ3v) is 4.32. The van der Waals surface area contributed by atoms with Crippen molar-refractivity contribution in [2.45, 2.75) is 38.6 Å². The van der Waals surface area contributed by atoms with Crippen molar-refractivity contribution in [2.24, 2.45) is 23.5 Å². The van der Waals surface area contributed by atoms with Crippen molar-refractivity contribution in [3.05, 3.63) is 0 Å². The van der Waals surface area contributed by atoms with Crippen LogP contribution in [0.5, 0.6) is 0 Å². The lowest BCUT2D eigenvalue weighted by molar-refractivity contribution is -0.151. The van der Waals surface area contributed by atoms with E-state index in [1.807, 2.05) is 6.92 Å². The topological polar surface area (TPSA) is 55.6 Å². The Hall–Kier alpha value is -0.610. The summed E-state index contributed by atoms with van der Waals surface area (Å²) in [5.41, 5.74) is 5.56. The Morgan fingerprint density at radius 3 is 2.56 bits per heavy atom. The van der Waals surface area contributed by atoms with Gasteiger partial charge in [0.25, 0.3) is 0 Å². The van der Waals surface area contributed by atoms with Crippen LogP contribution in [-0.4, -0.2) is 43.2 Å². The number of esters is 1. The molecule has 2 N–H and O–H groups in total. The van der Waals surface area contributed by atoms with Gasteiger partial charge in [0.05, 0.1) is 6.61 Å². The summed E-state index contributed by atoms with van der Waals surface area (Å²) in [5.74, 6) is 1.72. The first-order chi connectivity index (χ1) is 8.47. The fraction of sp³-hybridized carbons (Fsp3) is 0.929. The predicted molar refractivity (Wildman–Crippen MR) is 71.0 cm³/mol. The van der Waals surface area contributed by atoms with Crippen molar-refractivity contribution < 1.29 is 9.53 Å². The molecule has 0 bridgehead atoms. The van der Waals surface area contributed by atoms with E-state index < -0.39 is 5.54 Å². The predicted octanol–water partition coefficient (Wildman–Crippen LogP) is 1.24. The number of nitrogens with zero attached hydrogens (tertiary/aromatic N) is 1. The maximum absolute atomic E-state index is 12.1. The van der Waals surface area contributed by atoms with E-state index in [-0.39, 0.29) is 5.97 Å². The summed E-state index contributed by atoms with van der Waals surface area (Å²) in [5, 5.41) is 0. The van der Waals surface area contributed by atoms with Crippen LogP contribution in [0.3, 0.4) is 0 Å². The van der Waals surface area contributed by atoms with Gasteiger partial charge in [0, 0.05) is 13.1 Å². The molecule has 0 saturated heterocycles. The van der Waals surface area contributed by atoms with Crippen LogP contribution in [0, 0.1) is 17.8 Å². The van der Waals surface area contributed by atoms with Crippen LogP contribution >= 0.6 is 0 Å². The Labute approximate surface area is 110 Å². The first kappa shape index (κ1) is 13.8. The molecule has 0 aromatic carbocycles. The molecule has 2 fully saturated rings. The van der Waals surface area contributed by atoms with E-state index in [0.29, 0.717) is 19.1 Å². The normalized spacial score (nSPS) is 30.1. The SMILES string of the molecule is CCOC(=O)C(N)(CN(C)CC1CC1C)C1CC1. The van der Waals surface area contributed by atoms with Gasteiger partial charge in [-0.25, -0.2) is 4.79 Å². The van der Waals surface area contributed by atoms with Crippen molar-refractivity contribution in [3.8, 4) is 0 Å². The summed E-state index contributed by atoms with van der Waals surface area (Å²) in [6, 6.07) is 0.